The fourth-order valence-corrected chi connectivity index (χ4v) is 4.75. The van der Waals surface area contributed by atoms with Crippen LogP contribution in [0, 0.1) is 5.92 Å². The van der Waals surface area contributed by atoms with Crippen LogP contribution in [0.2, 0.25) is 0 Å². The first-order valence-electron chi connectivity index (χ1n) is 10.6. The normalized spacial score (nSPS) is 25.5. The van der Waals surface area contributed by atoms with Crippen LogP contribution in [0.5, 0.6) is 0 Å². The van der Waals surface area contributed by atoms with Crippen LogP contribution in [0.3, 0.4) is 0 Å². The van der Waals surface area contributed by atoms with Crippen LogP contribution in [0.15, 0.2) is 0 Å². The van der Waals surface area contributed by atoms with Gasteiger partial charge in [-0.3, -0.25) is 9.69 Å². The molecular weight excluding hydrogens is 330 g/mol. The first-order chi connectivity index (χ1) is 12.7. The summed E-state index contributed by atoms with van der Waals surface area (Å²) < 4.78 is 5.11. The van der Waals surface area contributed by atoms with Gasteiger partial charge in [0.05, 0.1) is 6.61 Å². The number of likely N-dealkylation sites (tertiary alicyclic amines) is 3. The Bertz CT molecular complexity index is 471. The topological polar surface area (TPSA) is 53.1 Å². The predicted octanol–water partition coefficient (Wildman–Crippen LogP) is 2.72. The van der Waals surface area contributed by atoms with Crippen molar-refractivity contribution in [2.24, 2.45) is 5.92 Å². The molecule has 26 heavy (non-hydrogen) atoms. The smallest absolute Gasteiger partial charge is 0.409 e. The van der Waals surface area contributed by atoms with Gasteiger partial charge in [-0.15, -0.1) is 0 Å². The fourth-order valence-electron chi connectivity index (χ4n) is 4.75. The van der Waals surface area contributed by atoms with E-state index in [0.717, 1.165) is 58.4 Å². The lowest BCUT2D eigenvalue weighted by Gasteiger charge is -2.42. The van der Waals surface area contributed by atoms with Crippen LogP contribution < -0.4 is 0 Å². The van der Waals surface area contributed by atoms with E-state index >= 15 is 0 Å². The van der Waals surface area contributed by atoms with Crippen molar-refractivity contribution in [2.75, 3.05) is 45.9 Å². The third kappa shape index (κ3) is 5.12. The number of nitrogens with zero attached hydrogens (tertiary/aromatic N) is 3. The zero-order chi connectivity index (χ0) is 18.4. The molecule has 0 spiro atoms. The Morgan fingerprint density at radius 1 is 0.923 bits per heavy atom. The van der Waals surface area contributed by atoms with Gasteiger partial charge in [0.1, 0.15) is 0 Å². The first-order valence-corrected chi connectivity index (χ1v) is 10.6. The van der Waals surface area contributed by atoms with Crippen molar-refractivity contribution in [3.8, 4) is 0 Å². The van der Waals surface area contributed by atoms with Crippen LogP contribution >= 0.6 is 0 Å². The zero-order valence-electron chi connectivity index (χ0n) is 16.3. The second-order valence-electron chi connectivity index (χ2n) is 8.05. The second-order valence-corrected chi connectivity index (χ2v) is 8.05. The average Bonchev–Trinajstić information content (AvgIpc) is 3.22. The highest BCUT2D eigenvalue weighted by atomic mass is 16.6. The molecule has 1 atom stereocenters. The maximum atomic E-state index is 12.3. The Morgan fingerprint density at radius 2 is 1.65 bits per heavy atom. The van der Waals surface area contributed by atoms with Gasteiger partial charge in [0.25, 0.3) is 0 Å². The Hall–Kier alpha value is -1.30. The number of hydrogen-bond donors (Lipinski definition) is 0. The lowest BCUT2D eigenvalue weighted by atomic mass is 9.90. The summed E-state index contributed by atoms with van der Waals surface area (Å²) in [6.07, 6.45) is 8.51. The summed E-state index contributed by atoms with van der Waals surface area (Å²) in [7, 11) is 0. The molecule has 3 rings (SSSR count). The molecule has 3 aliphatic heterocycles. The maximum absolute atomic E-state index is 12.3. The van der Waals surface area contributed by atoms with Crippen molar-refractivity contribution >= 4 is 12.0 Å². The molecule has 6 heteroatoms. The lowest BCUT2D eigenvalue weighted by Crippen LogP contribution is -2.49. The molecule has 0 radical (unpaired) electrons. The largest absolute Gasteiger partial charge is 0.450 e. The minimum absolute atomic E-state index is 0.164. The SMILES string of the molecule is CCOC(=O)N1CCC(N2CCC[C@H](CCC(=O)N3CCCC3)C2)CC1. The standard InChI is InChI=1S/C20H35N3O3/c1-2-26-20(25)22-14-9-18(10-15-22)23-13-5-6-17(16-23)7-8-19(24)21-11-3-4-12-21/h17-18H,2-16H2,1H3/t17-/m1/s1. The fraction of sp³-hybridized carbons (Fsp3) is 0.900. The van der Waals surface area contributed by atoms with Crippen LogP contribution in [0.25, 0.3) is 0 Å². The second kappa shape index (κ2) is 9.58. The van der Waals surface area contributed by atoms with Gasteiger partial charge < -0.3 is 14.5 Å². The third-order valence-corrected chi connectivity index (χ3v) is 6.28. The van der Waals surface area contributed by atoms with Crippen molar-refractivity contribution in [1.82, 2.24) is 14.7 Å². The number of amides is 2. The van der Waals surface area contributed by atoms with Crippen molar-refractivity contribution in [1.29, 1.82) is 0 Å². The van der Waals surface area contributed by atoms with Gasteiger partial charge in [0.2, 0.25) is 5.91 Å². The average molecular weight is 366 g/mol. The van der Waals surface area contributed by atoms with Gasteiger partial charge in [0, 0.05) is 45.2 Å². The lowest BCUT2D eigenvalue weighted by molar-refractivity contribution is -0.130. The molecule has 6 nitrogen and oxygen atoms in total. The number of carbonyl (C=O) groups is 2. The summed E-state index contributed by atoms with van der Waals surface area (Å²) in [5.41, 5.74) is 0. The van der Waals surface area contributed by atoms with E-state index < -0.39 is 0 Å². The van der Waals surface area contributed by atoms with Crippen molar-refractivity contribution < 1.29 is 14.3 Å². The monoisotopic (exact) mass is 365 g/mol. The van der Waals surface area contributed by atoms with Crippen LogP contribution in [-0.2, 0) is 9.53 Å². The minimum Gasteiger partial charge on any atom is -0.450 e. The summed E-state index contributed by atoms with van der Waals surface area (Å²) in [5.74, 6) is 1.01. The first kappa shape index (κ1) is 19.5. The molecular formula is C20H35N3O3. The Morgan fingerprint density at radius 3 is 2.35 bits per heavy atom. The van der Waals surface area contributed by atoms with Gasteiger partial charge in [-0.2, -0.15) is 0 Å². The van der Waals surface area contributed by atoms with Gasteiger partial charge in [-0.1, -0.05) is 0 Å². The Labute approximate surface area is 157 Å². The summed E-state index contributed by atoms with van der Waals surface area (Å²) >= 11 is 0. The molecule has 3 aliphatic rings. The summed E-state index contributed by atoms with van der Waals surface area (Å²) in [6, 6.07) is 0.581. The Balaban J connectivity index is 1.39. The zero-order valence-corrected chi connectivity index (χ0v) is 16.3. The van der Waals surface area contributed by atoms with Crippen molar-refractivity contribution in [2.45, 2.75) is 64.3 Å². The van der Waals surface area contributed by atoms with E-state index in [9.17, 15) is 9.59 Å². The summed E-state index contributed by atoms with van der Waals surface area (Å²) in [4.78, 5) is 30.6. The number of carbonyl (C=O) groups excluding carboxylic acids is 2. The molecule has 0 aliphatic carbocycles. The molecule has 3 saturated heterocycles. The molecule has 0 N–H and O–H groups in total. The highest BCUT2D eigenvalue weighted by Gasteiger charge is 2.31. The van der Waals surface area contributed by atoms with Crippen molar-refractivity contribution in [3.63, 3.8) is 0 Å². The summed E-state index contributed by atoms with van der Waals surface area (Å²) in [5, 5.41) is 0. The van der Waals surface area contributed by atoms with E-state index in [2.05, 4.69) is 4.90 Å². The quantitative estimate of drug-likeness (QED) is 0.752. The molecule has 0 aromatic carbocycles. The van der Waals surface area contributed by atoms with E-state index in [0.29, 0.717) is 24.5 Å². The molecule has 0 aromatic heterocycles. The predicted molar refractivity (Wildman–Crippen MR) is 101 cm³/mol. The Kier molecular flexibility index (Phi) is 7.17. The highest BCUT2D eigenvalue weighted by Crippen LogP contribution is 2.27. The van der Waals surface area contributed by atoms with Crippen LogP contribution in [0.1, 0.15) is 58.3 Å². The van der Waals surface area contributed by atoms with E-state index in [1.54, 1.807) is 0 Å². The molecule has 3 fully saturated rings. The molecule has 3 heterocycles. The van der Waals surface area contributed by atoms with E-state index in [-0.39, 0.29) is 6.09 Å². The molecule has 2 amide bonds. The molecule has 0 saturated carbocycles. The number of hydrogen-bond acceptors (Lipinski definition) is 4. The maximum Gasteiger partial charge on any atom is 0.409 e. The van der Waals surface area contributed by atoms with E-state index in [1.165, 1.54) is 32.2 Å². The molecule has 0 aromatic rings. The molecule has 148 valence electrons. The van der Waals surface area contributed by atoms with Gasteiger partial charge >= 0.3 is 6.09 Å². The number of rotatable bonds is 5. The third-order valence-electron chi connectivity index (χ3n) is 6.28. The summed E-state index contributed by atoms with van der Waals surface area (Å²) in [6.45, 7) is 8.13. The van der Waals surface area contributed by atoms with Crippen LogP contribution in [0.4, 0.5) is 4.79 Å². The molecule has 0 unspecified atom stereocenters. The number of piperidine rings is 2. The number of ether oxygens (including phenoxy) is 1. The van der Waals surface area contributed by atoms with Crippen LogP contribution in [-0.4, -0.2) is 78.6 Å². The van der Waals surface area contributed by atoms with E-state index in [1.807, 2.05) is 16.7 Å². The minimum atomic E-state index is -0.164. The van der Waals surface area contributed by atoms with Gasteiger partial charge in [-0.05, 0) is 64.3 Å². The van der Waals surface area contributed by atoms with Gasteiger partial charge in [-0.25, -0.2) is 4.79 Å². The van der Waals surface area contributed by atoms with Crippen molar-refractivity contribution in [3.05, 3.63) is 0 Å². The molecule has 0 bridgehead atoms. The van der Waals surface area contributed by atoms with E-state index in [4.69, 9.17) is 4.74 Å². The van der Waals surface area contributed by atoms with Gasteiger partial charge in [0.15, 0.2) is 0 Å². The highest BCUT2D eigenvalue weighted by molar-refractivity contribution is 5.76.